The third-order valence-electron chi connectivity index (χ3n) is 13.1. The van der Waals surface area contributed by atoms with E-state index < -0.39 is 38.5 Å². The van der Waals surface area contributed by atoms with Crippen LogP contribution in [-0.4, -0.2) is 112 Å². The summed E-state index contributed by atoms with van der Waals surface area (Å²) in [6.07, 6.45) is 18.8. The number of hydrogen-bond donors (Lipinski definition) is 7. The molecule has 7 N–H and O–H groups in total. The van der Waals surface area contributed by atoms with Crippen molar-refractivity contribution in [2.45, 2.75) is 214 Å². The molecule has 20 nitrogen and oxygen atoms in total. The van der Waals surface area contributed by atoms with Gasteiger partial charge in [-0.05, 0) is 84.9 Å². The molecule has 1 rings (SSSR count). The number of para-hydroxylation sites is 1. The predicted octanol–water partition coefficient (Wildman–Crippen LogP) is 11.8. The van der Waals surface area contributed by atoms with Crippen LogP contribution in [-0.2, 0) is 53.4 Å². The van der Waals surface area contributed by atoms with Crippen molar-refractivity contribution in [3.63, 3.8) is 0 Å². The molecule has 0 aromatic heterocycles. The Bertz CT molecular complexity index is 1790. The fraction of sp³-hybridized carbons (Fsp3) is 0.797. The molecule has 0 radical (unpaired) electrons. The molecule has 0 aliphatic rings. The summed E-state index contributed by atoms with van der Waals surface area (Å²) in [6, 6.07) is 8.12. The first-order valence-corrected chi connectivity index (χ1v) is 30.6. The van der Waals surface area contributed by atoms with Crippen molar-refractivity contribution in [3.8, 4) is 0 Å². The Morgan fingerprint density at radius 3 is 1.36 bits per heavy atom. The number of benzene rings is 1. The minimum atomic E-state index is -3.88. The number of rotatable bonds is 34. The van der Waals surface area contributed by atoms with Crippen LogP contribution in [0.5, 0.6) is 0 Å². The Kier molecular flexibility index (Phi) is 53.8. The van der Waals surface area contributed by atoms with Crippen LogP contribution in [0.3, 0.4) is 0 Å². The number of unbranched alkanes of at least 4 members (excludes halogenated alkanes) is 9. The molecule has 0 heterocycles. The van der Waals surface area contributed by atoms with Gasteiger partial charge >= 0.3 is 34.3 Å². The maximum atomic E-state index is 11.8. The highest BCUT2D eigenvalue weighted by Gasteiger charge is 2.30. The molecule has 1 unspecified atom stereocenters. The number of alkyl carbamates (subject to hydrolysis) is 1. The van der Waals surface area contributed by atoms with Crippen LogP contribution in [0.2, 0.25) is 0 Å². The summed E-state index contributed by atoms with van der Waals surface area (Å²) in [5.74, 6) is 0.0384. The molecule has 21 heteroatoms. The largest absolute Gasteiger partial charge is 0.463 e. The van der Waals surface area contributed by atoms with Crippen LogP contribution in [0.15, 0.2) is 30.3 Å². The van der Waals surface area contributed by atoms with Crippen LogP contribution in [0.4, 0.5) is 15.3 Å². The van der Waals surface area contributed by atoms with Gasteiger partial charge in [0.05, 0.1) is 43.3 Å². The summed E-state index contributed by atoms with van der Waals surface area (Å²) < 4.78 is 42.1. The first kappa shape index (κ1) is 84.1. The van der Waals surface area contributed by atoms with Crippen LogP contribution in [0.25, 0.3) is 0 Å². The predicted molar refractivity (Wildman–Crippen MR) is 325 cm³/mol. The molecule has 0 spiro atoms. The molecule has 0 fully saturated rings. The minimum Gasteiger partial charge on any atom is -0.463 e. The molecule has 1 aromatic carbocycles. The lowest BCUT2D eigenvalue weighted by atomic mass is 9.89. The van der Waals surface area contributed by atoms with Crippen molar-refractivity contribution in [2.75, 3.05) is 72.6 Å². The van der Waals surface area contributed by atoms with Gasteiger partial charge in [0.15, 0.2) is 0 Å². The number of ether oxygens (including phenoxy) is 3. The van der Waals surface area contributed by atoms with Gasteiger partial charge in [0.25, 0.3) is 0 Å². The molecule has 0 saturated heterocycles. The van der Waals surface area contributed by atoms with E-state index in [1.807, 2.05) is 94.9 Å². The molecule has 0 saturated carbocycles. The fourth-order valence-corrected chi connectivity index (χ4v) is 6.50. The van der Waals surface area contributed by atoms with E-state index in [2.05, 4.69) is 49.9 Å². The van der Waals surface area contributed by atoms with E-state index in [0.29, 0.717) is 25.4 Å². The third kappa shape index (κ3) is 49.1. The zero-order chi connectivity index (χ0) is 62.7. The zero-order valence-electron chi connectivity index (χ0n) is 53.7. The smallest absolute Gasteiger partial charge is 0.406 e. The third-order valence-corrected chi connectivity index (χ3v) is 14.1. The molecule has 0 aliphatic carbocycles. The van der Waals surface area contributed by atoms with E-state index in [9.17, 15) is 37.2 Å². The zero-order valence-corrected chi connectivity index (χ0v) is 54.6. The normalized spacial score (nSPS) is 11.3. The van der Waals surface area contributed by atoms with Gasteiger partial charge in [-0.1, -0.05) is 172 Å². The summed E-state index contributed by atoms with van der Waals surface area (Å²) in [5.41, 5.74) is -1.43. The average Bonchev–Trinajstić information content (AvgIpc) is 3.44. The molecule has 1 atom stereocenters. The van der Waals surface area contributed by atoms with Crippen molar-refractivity contribution in [1.82, 2.24) is 31.3 Å². The van der Waals surface area contributed by atoms with Gasteiger partial charge in [-0.2, -0.15) is 8.42 Å². The number of anilines is 1. The molecule has 472 valence electrons. The molecule has 5 amide bonds. The number of carbonyl (C=O) groups is 6. The van der Waals surface area contributed by atoms with Gasteiger partial charge in [-0.25, -0.2) is 24.1 Å². The van der Waals surface area contributed by atoms with Gasteiger partial charge in [0, 0.05) is 24.9 Å². The molecule has 0 aliphatic heterocycles. The summed E-state index contributed by atoms with van der Waals surface area (Å²) >= 11 is 0. The van der Waals surface area contributed by atoms with Crippen molar-refractivity contribution in [2.24, 2.45) is 27.6 Å². The number of hydrogen-bond acceptors (Lipinski definition) is 14. The lowest BCUT2D eigenvalue weighted by molar-refractivity contribution is -0.298. The van der Waals surface area contributed by atoms with Crippen molar-refractivity contribution >= 4 is 51.8 Å². The number of nitrogens with one attached hydrogen (secondary N) is 7. The Morgan fingerprint density at radius 1 is 0.550 bits per heavy atom. The maximum Gasteiger partial charge on any atom is 0.406 e. The van der Waals surface area contributed by atoms with E-state index in [-0.39, 0.29) is 49.1 Å². The number of carbonyl (C=O) groups excluding carboxylic acids is 6. The van der Waals surface area contributed by atoms with Crippen LogP contribution in [0.1, 0.15) is 214 Å². The number of amides is 5. The average molecular weight is 1160 g/mol. The number of methoxy groups -OCH3 is 1. The van der Waals surface area contributed by atoms with E-state index >= 15 is 0 Å². The van der Waals surface area contributed by atoms with Gasteiger partial charge in [-0.15, -0.1) is 0 Å². The molecular weight excluding hydrogens is 1050 g/mol. The van der Waals surface area contributed by atoms with Gasteiger partial charge < -0.3 is 35.5 Å². The Morgan fingerprint density at radius 2 is 0.975 bits per heavy atom. The Labute approximate surface area is 486 Å². The highest BCUT2D eigenvalue weighted by Crippen LogP contribution is 2.23. The highest BCUT2D eigenvalue weighted by atomic mass is 32.2. The topological polar surface area (TPSA) is 267 Å². The van der Waals surface area contributed by atoms with Crippen molar-refractivity contribution in [3.05, 3.63) is 30.3 Å². The van der Waals surface area contributed by atoms with Crippen molar-refractivity contribution < 1.29 is 61.2 Å². The minimum absolute atomic E-state index is 0.116. The SMILES string of the molecule is CC.CCC(C)(C)C(=O)NC.CCC(C)(C)C(=O)NS(=O)(=O)Nc1ccccc1.CCC(C)(C)C(=O)OCCNC(=O)NC.CCC(C)(C)C(=O)OCCNC(=O)OC.CCC(C)CCCCCCCCCCCCOOCNC. The van der Waals surface area contributed by atoms with E-state index in [1.54, 1.807) is 51.2 Å². The molecule has 0 bridgehead atoms. The lowest BCUT2D eigenvalue weighted by Crippen LogP contribution is -2.42. The second-order valence-electron chi connectivity index (χ2n) is 21.4. The van der Waals surface area contributed by atoms with Gasteiger partial charge in [0.2, 0.25) is 11.8 Å². The Balaban J connectivity index is -0.000000296. The highest BCUT2D eigenvalue weighted by molar-refractivity contribution is 7.91. The van der Waals surface area contributed by atoms with Gasteiger partial charge in [-0.3, -0.25) is 29.2 Å². The maximum absolute atomic E-state index is 11.8. The second-order valence-corrected chi connectivity index (χ2v) is 22.8. The van der Waals surface area contributed by atoms with Crippen molar-refractivity contribution in [1.29, 1.82) is 0 Å². The fourth-order valence-electron chi connectivity index (χ4n) is 5.48. The molecule has 80 heavy (non-hydrogen) atoms. The number of esters is 2. The standard InChI is InChI=1S/C18H39NO2.C12H18N2O3S.C10H20N2O3.C10H19NO4.C7H15NO.C2H6/c1-4-18(2)15-13-11-9-7-5-6-8-10-12-14-16-20-21-17-19-3;1-4-12(2,3)11(15)14-18(16,17)13-10-8-6-5-7-9-10;1-5-10(2,3)8(13)15-7-6-12-9(14)11-4;1-5-10(2,3)8(12)15-7-6-11-9(13)14-4;1-5-7(2,3)6(9)8-4;1-2/h18-19H,4-17H2,1-3H3;5-9,13H,4H2,1-3H3,(H,14,15);5-7H2,1-4H3,(H2,11,12,14);5-7H2,1-4H3,(H,11,13);5H2,1-4H3,(H,8,9);1-2H3. The summed E-state index contributed by atoms with van der Waals surface area (Å²) in [7, 11) is 2.44. The van der Waals surface area contributed by atoms with E-state index in [4.69, 9.17) is 19.2 Å². The molecule has 1 aromatic rings. The quantitative estimate of drug-likeness (QED) is 0.00845. The summed E-state index contributed by atoms with van der Waals surface area (Å²) in [4.78, 5) is 76.9. The van der Waals surface area contributed by atoms with Gasteiger partial charge in [0.1, 0.15) is 19.9 Å². The van der Waals surface area contributed by atoms with Crippen LogP contribution in [0, 0.1) is 27.6 Å². The first-order chi connectivity index (χ1) is 37.5. The van der Waals surface area contributed by atoms with Crippen LogP contribution < -0.4 is 36.0 Å². The summed E-state index contributed by atoms with van der Waals surface area (Å²) in [5, 5.41) is 12.8. The van der Waals surface area contributed by atoms with E-state index in [1.165, 1.54) is 84.8 Å². The monoisotopic (exact) mass is 1160 g/mol. The summed E-state index contributed by atoms with van der Waals surface area (Å²) in [6.45, 7) is 33.1. The van der Waals surface area contributed by atoms with Crippen LogP contribution >= 0.6 is 0 Å². The number of urea groups is 1. The lowest BCUT2D eigenvalue weighted by Gasteiger charge is -2.21. The Hall–Kier alpha value is -4.73. The molecular formula is C59H117N7O13S. The second kappa shape index (κ2) is 51.2. The van der Waals surface area contributed by atoms with E-state index in [0.717, 1.165) is 38.2 Å². The first-order valence-electron chi connectivity index (χ1n) is 29.1.